The lowest BCUT2D eigenvalue weighted by atomic mass is 10.2. The van der Waals surface area contributed by atoms with Crippen molar-refractivity contribution in [2.75, 3.05) is 6.61 Å². The molecule has 0 fully saturated rings. The molecule has 1 aromatic heterocycles. The van der Waals surface area contributed by atoms with Crippen molar-refractivity contribution < 1.29 is 4.74 Å². The number of nitrogens with two attached hydrogens (primary N) is 1. The van der Waals surface area contributed by atoms with Crippen molar-refractivity contribution in [3.05, 3.63) is 18.0 Å². The highest BCUT2D eigenvalue weighted by Gasteiger charge is 2.17. The first kappa shape index (κ1) is 12.2. The topological polar surface area (TPSA) is 65.1 Å². The van der Waals surface area contributed by atoms with E-state index in [1.54, 1.807) is 4.68 Å². The minimum absolute atomic E-state index is 0.0644. The molecule has 0 bridgehead atoms. The van der Waals surface area contributed by atoms with Gasteiger partial charge in [-0.15, -0.1) is 0 Å². The lowest BCUT2D eigenvalue weighted by Gasteiger charge is -2.23. The number of nitrogens with one attached hydrogen (secondary N) is 1. The molecule has 1 rings (SSSR count). The summed E-state index contributed by atoms with van der Waals surface area (Å²) in [6, 6.07) is 1.86. The summed E-state index contributed by atoms with van der Waals surface area (Å²) in [5.74, 6) is 5.46. The number of nitrogens with zero attached hydrogens (tertiary/aromatic N) is 2. The minimum atomic E-state index is -0.163. The maximum Gasteiger partial charge on any atom is 0.0884 e. The van der Waals surface area contributed by atoms with Gasteiger partial charge in [-0.25, -0.2) is 5.43 Å². The van der Waals surface area contributed by atoms with Gasteiger partial charge in [-0.3, -0.25) is 10.5 Å². The molecule has 3 N–H and O–H groups in total. The van der Waals surface area contributed by atoms with Crippen molar-refractivity contribution in [2.45, 2.75) is 32.4 Å². The fourth-order valence-corrected chi connectivity index (χ4v) is 1.17. The Labute approximate surface area is 90.6 Å². The molecule has 1 atom stereocenters. The van der Waals surface area contributed by atoms with Crippen molar-refractivity contribution in [3.8, 4) is 0 Å². The molecule has 86 valence electrons. The van der Waals surface area contributed by atoms with Crippen LogP contribution in [0.2, 0.25) is 0 Å². The van der Waals surface area contributed by atoms with Crippen molar-refractivity contribution in [2.24, 2.45) is 12.9 Å². The fraction of sp³-hybridized carbons (Fsp3) is 0.700. The summed E-state index contributed by atoms with van der Waals surface area (Å²) in [7, 11) is 1.88. The molecule has 0 saturated heterocycles. The third-order valence-electron chi connectivity index (χ3n) is 1.98. The predicted octanol–water partition coefficient (Wildman–Crippen LogP) is 0.740. The summed E-state index contributed by atoms with van der Waals surface area (Å²) in [4.78, 5) is 0. The van der Waals surface area contributed by atoms with E-state index < -0.39 is 0 Å². The number of aromatic nitrogens is 2. The Bertz CT molecular complexity index is 303. The molecule has 5 nitrogen and oxygen atoms in total. The van der Waals surface area contributed by atoms with Gasteiger partial charge in [-0.05, 0) is 26.8 Å². The van der Waals surface area contributed by atoms with Crippen LogP contribution in [0.1, 0.15) is 32.5 Å². The highest BCUT2D eigenvalue weighted by Crippen LogP contribution is 2.14. The highest BCUT2D eigenvalue weighted by atomic mass is 16.5. The smallest absolute Gasteiger partial charge is 0.0884 e. The van der Waals surface area contributed by atoms with E-state index in [-0.39, 0.29) is 11.6 Å². The normalized spacial score (nSPS) is 14.2. The van der Waals surface area contributed by atoms with Gasteiger partial charge in [0.15, 0.2) is 0 Å². The van der Waals surface area contributed by atoms with E-state index in [1.165, 1.54) is 0 Å². The van der Waals surface area contributed by atoms with Crippen molar-refractivity contribution in [1.82, 2.24) is 15.2 Å². The quantitative estimate of drug-likeness (QED) is 0.570. The third kappa shape index (κ3) is 3.99. The summed E-state index contributed by atoms with van der Waals surface area (Å²) < 4.78 is 7.40. The van der Waals surface area contributed by atoms with Crippen LogP contribution in [0.15, 0.2) is 12.3 Å². The summed E-state index contributed by atoms with van der Waals surface area (Å²) in [6.07, 6.45) is 1.89. The summed E-state index contributed by atoms with van der Waals surface area (Å²) in [5.41, 5.74) is 3.43. The van der Waals surface area contributed by atoms with Crippen LogP contribution in [0.5, 0.6) is 0 Å². The van der Waals surface area contributed by atoms with Crippen LogP contribution in [0.25, 0.3) is 0 Å². The van der Waals surface area contributed by atoms with Crippen LogP contribution in [0.3, 0.4) is 0 Å². The molecule has 1 unspecified atom stereocenters. The second-order valence-electron chi connectivity index (χ2n) is 4.56. The molecule has 1 aromatic rings. The van der Waals surface area contributed by atoms with Crippen molar-refractivity contribution in [3.63, 3.8) is 0 Å². The molecule has 0 radical (unpaired) electrons. The standard InChI is InChI=1S/C10H20N4O/c1-10(2,3)15-7-9(12-11)8-5-6-14(4)13-8/h5-6,9,12H,7,11H2,1-4H3. The fourth-order valence-electron chi connectivity index (χ4n) is 1.17. The van der Waals surface area contributed by atoms with Gasteiger partial charge in [0.25, 0.3) is 0 Å². The van der Waals surface area contributed by atoms with Crippen LogP contribution in [0, 0.1) is 0 Å². The maximum atomic E-state index is 5.65. The van der Waals surface area contributed by atoms with E-state index in [0.29, 0.717) is 6.61 Å². The highest BCUT2D eigenvalue weighted by molar-refractivity contribution is 5.05. The number of hydrogen-bond acceptors (Lipinski definition) is 4. The molecular weight excluding hydrogens is 192 g/mol. The van der Waals surface area contributed by atoms with Crippen molar-refractivity contribution in [1.29, 1.82) is 0 Å². The number of ether oxygens (including phenoxy) is 1. The second kappa shape index (κ2) is 4.74. The lowest BCUT2D eigenvalue weighted by molar-refractivity contribution is -0.0153. The molecule has 15 heavy (non-hydrogen) atoms. The van der Waals surface area contributed by atoms with Gasteiger partial charge in [0.05, 0.1) is 23.9 Å². The van der Waals surface area contributed by atoms with E-state index >= 15 is 0 Å². The summed E-state index contributed by atoms with van der Waals surface area (Å²) >= 11 is 0. The van der Waals surface area contributed by atoms with Gasteiger partial charge in [0.1, 0.15) is 0 Å². The first-order valence-corrected chi connectivity index (χ1v) is 5.02. The Hall–Kier alpha value is -0.910. The summed E-state index contributed by atoms with van der Waals surface area (Å²) in [5, 5.41) is 4.28. The Morgan fingerprint density at radius 1 is 1.60 bits per heavy atom. The Kier molecular flexibility index (Phi) is 3.84. The van der Waals surface area contributed by atoms with Crippen molar-refractivity contribution >= 4 is 0 Å². The zero-order valence-electron chi connectivity index (χ0n) is 9.82. The van der Waals surface area contributed by atoms with Crippen LogP contribution >= 0.6 is 0 Å². The Balaban J connectivity index is 2.57. The van der Waals surface area contributed by atoms with E-state index in [4.69, 9.17) is 10.6 Å². The van der Waals surface area contributed by atoms with E-state index in [0.717, 1.165) is 5.69 Å². The Morgan fingerprint density at radius 2 is 2.27 bits per heavy atom. The van der Waals surface area contributed by atoms with Gasteiger partial charge in [-0.1, -0.05) is 0 Å². The van der Waals surface area contributed by atoms with E-state index in [2.05, 4.69) is 10.5 Å². The predicted molar refractivity (Wildman–Crippen MR) is 59.0 cm³/mol. The van der Waals surface area contributed by atoms with Crippen LogP contribution in [0.4, 0.5) is 0 Å². The monoisotopic (exact) mass is 212 g/mol. The van der Waals surface area contributed by atoms with Crippen LogP contribution < -0.4 is 11.3 Å². The maximum absolute atomic E-state index is 5.65. The first-order chi connectivity index (χ1) is 6.92. The molecule has 0 aliphatic rings. The summed E-state index contributed by atoms with van der Waals surface area (Å²) in [6.45, 7) is 6.55. The average molecular weight is 212 g/mol. The molecule has 5 heteroatoms. The molecule has 0 aliphatic carbocycles. The molecule has 0 aromatic carbocycles. The lowest BCUT2D eigenvalue weighted by Crippen LogP contribution is -2.34. The second-order valence-corrected chi connectivity index (χ2v) is 4.56. The van der Waals surface area contributed by atoms with Gasteiger partial charge in [0.2, 0.25) is 0 Å². The van der Waals surface area contributed by atoms with Crippen LogP contribution in [-0.4, -0.2) is 22.0 Å². The largest absolute Gasteiger partial charge is 0.374 e. The molecule has 0 spiro atoms. The van der Waals surface area contributed by atoms with Gasteiger partial charge in [0, 0.05) is 13.2 Å². The van der Waals surface area contributed by atoms with Gasteiger partial charge < -0.3 is 4.74 Å². The number of rotatable bonds is 4. The molecule has 0 aliphatic heterocycles. The third-order valence-corrected chi connectivity index (χ3v) is 1.98. The number of aryl methyl sites for hydroxylation is 1. The zero-order valence-corrected chi connectivity index (χ0v) is 9.82. The zero-order chi connectivity index (χ0) is 11.5. The van der Waals surface area contributed by atoms with Gasteiger partial charge in [-0.2, -0.15) is 5.10 Å². The van der Waals surface area contributed by atoms with Crippen LogP contribution in [-0.2, 0) is 11.8 Å². The minimum Gasteiger partial charge on any atom is -0.374 e. The average Bonchev–Trinajstić information content (AvgIpc) is 2.51. The Morgan fingerprint density at radius 3 is 2.67 bits per heavy atom. The number of hydrazine groups is 1. The van der Waals surface area contributed by atoms with E-state index in [9.17, 15) is 0 Å². The number of hydrogen-bond donors (Lipinski definition) is 2. The van der Waals surface area contributed by atoms with Gasteiger partial charge >= 0.3 is 0 Å². The SMILES string of the molecule is Cn1ccc(C(COC(C)(C)C)NN)n1. The molecule has 1 heterocycles. The molecule has 0 saturated carbocycles. The molecule has 0 amide bonds. The molecular formula is C10H20N4O. The van der Waals surface area contributed by atoms with E-state index in [1.807, 2.05) is 40.1 Å². The first-order valence-electron chi connectivity index (χ1n) is 5.02.